The molecule has 20 heavy (non-hydrogen) atoms. The zero-order valence-electron chi connectivity index (χ0n) is 13.2. The molecule has 2 heterocycles. The van der Waals surface area contributed by atoms with Gasteiger partial charge in [-0.15, -0.1) is 0 Å². The second-order valence-corrected chi connectivity index (χ2v) is 6.44. The number of likely N-dealkylation sites (tertiary alicyclic amines) is 1. The highest BCUT2D eigenvalue weighted by atomic mass is 15.1. The first kappa shape index (κ1) is 15.5. The van der Waals surface area contributed by atoms with E-state index in [0.717, 1.165) is 37.2 Å². The van der Waals surface area contributed by atoms with Gasteiger partial charge in [-0.2, -0.15) is 0 Å². The van der Waals surface area contributed by atoms with Crippen molar-refractivity contribution in [2.24, 2.45) is 11.8 Å². The van der Waals surface area contributed by atoms with E-state index >= 15 is 0 Å². The van der Waals surface area contributed by atoms with E-state index in [0.29, 0.717) is 0 Å². The van der Waals surface area contributed by atoms with Crippen LogP contribution in [-0.4, -0.2) is 29.5 Å². The van der Waals surface area contributed by atoms with E-state index in [1.165, 1.54) is 31.6 Å². The summed E-state index contributed by atoms with van der Waals surface area (Å²) >= 11 is 0. The van der Waals surface area contributed by atoms with Crippen molar-refractivity contribution in [3.8, 4) is 0 Å². The van der Waals surface area contributed by atoms with Crippen molar-refractivity contribution >= 4 is 0 Å². The molecule has 0 aromatic carbocycles. The predicted octanol–water partition coefficient (Wildman–Crippen LogP) is 3.06. The molecule has 0 aliphatic carbocycles. The molecule has 1 aromatic rings. The Balaban J connectivity index is 1.90. The smallest absolute Gasteiger partial charge is 0.0547 e. The summed E-state index contributed by atoms with van der Waals surface area (Å²) in [6.07, 6.45) is 2.54. The van der Waals surface area contributed by atoms with Gasteiger partial charge in [0.05, 0.1) is 11.4 Å². The number of pyridine rings is 1. The molecule has 1 fully saturated rings. The molecule has 1 aliphatic heterocycles. The highest BCUT2D eigenvalue weighted by Gasteiger charge is 2.21. The van der Waals surface area contributed by atoms with E-state index in [-0.39, 0.29) is 0 Å². The van der Waals surface area contributed by atoms with Gasteiger partial charge in [0, 0.05) is 26.2 Å². The van der Waals surface area contributed by atoms with Crippen molar-refractivity contribution in [3.63, 3.8) is 0 Å². The van der Waals surface area contributed by atoms with Crippen LogP contribution in [0.5, 0.6) is 0 Å². The standard InChI is InChI=1S/C17H29N3/c1-4-8-18-10-16-6-5-7-17(19-16)13-20-11-14(2)9-15(3)12-20/h5-7,14-15,18H,4,8-13H2,1-3H3. The Bertz CT molecular complexity index is 395. The average Bonchev–Trinajstić information content (AvgIpc) is 2.38. The zero-order chi connectivity index (χ0) is 14.4. The summed E-state index contributed by atoms with van der Waals surface area (Å²) in [5.41, 5.74) is 2.37. The highest BCUT2D eigenvalue weighted by molar-refractivity contribution is 5.11. The second kappa shape index (κ2) is 7.75. The van der Waals surface area contributed by atoms with Gasteiger partial charge in [0.15, 0.2) is 0 Å². The van der Waals surface area contributed by atoms with Crippen LogP contribution in [0, 0.1) is 11.8 Å². The van der Waals surface area contributed by atoms with Crippen LogP contribution in [0.4, 0.5) is 0 Å². The first-order valence-corrected chi connectivity index (χ1v) is 8.05. The van der Waals surface area contributed by atoms with Gasteiger partial charge in [-0.1, -0.05) is 26.8 Å². The van der Waals surface area contributed by atoms with Crippen molar-refractivity contribution in [2.45, 2.75) is 46.7 Å². The molecule has 2 unspecified atom stereocenters. The maximum atomic E-state index is 4.78. The topological polar surface area (TPSA) is 28.2 Å². The van der Waals surface area contributed by atoms with Crippen molar-refractivity contribution in [3.05, 3.63) is 29.6 Å². The number of nitrogens with zero attached hydrogens (tertiary/aromatic N) is 2. The van der Waals surface area contributed by atoms with Gasteiger partial charge in [-0.25, -0.2) is 0 Å². The summed E-state index contributed by atoms with van der Waals surface area (Å²) in [4.78, 5) is 7.34. The third-order valence-electron chi connectivity index (χ3n) is 3.93. The van der Waals surface area contributed by atoms with Crippen LogP contribution in [0.25, 0.3) is 0 Å². The van der Waals surface area contributed by atoms with E-state index in [9.17, 15) is 0 Å². The third-order valence-corrected chi connectivity index (χ3v) is 3.93. The average molecular weight is 275 g/mol. The van der Waals surface area contributed by atoms with Crippen LogP contribution in [0.15, 0.2) is 18.2 Å². The maximum absolute atomic E-state index is 4.78. The molecule has 0 radical (unpaired) electrons. The summed E-state index contributed by atoms with van der Waals surface area (Å²) in [5, 5.41) is 3.42. The number of aromatic nitrogens is 1. The molecule has 0 amide bonds. The fourth-order valence-corrected chi connectivity index (χ4v) is 3.26. The van der Waals surface area contributed by atoms with E-state index in [1.54, 1.807) is 0 Å². The molecule has 0 spiro atoms. The van der Waals surface area contributed by atoms with Gasteiger partial charge in [0.1, 0.15) is 0 Å². The van der Waals surface area contributed by atoms with Gasteiger partial charge in [-0.05, 0) is 43.4 Å². The minimum Gasteiger partial charge on any atom is -0.311 e. The Morgan fingerprint density at radius 3 is 2.60 bits per heavy atom. The molecule has 3 nitrogen and oxygen atoms in total. The van der Waals surface area contributed by atoms with Crippen LogP contribution in [0.2, 0.25) is 0 Å². The van der Waals surface area contributed by atoms with Gasteiger partial charge >= 0.3 is 0 Å². The maximum Gasteiger partial charge on any atom is 0.0547 e. The Kier molecular flexibility index (Phi) is 5.99. The van der Waals surface area contributed by atoms with E-state index in [2.05, 4.69) is 49.2 Å². The summed E-state index contributed by atoms with van der Waals surface area (Å²) in [6.45, 7) is 12.3. The Morgan fingerprint density at radius 1 is 1.20 bits per heavy atom. The second-order valence-electron chi connectivity index (χ2n) is 6.44. The fraction of sp³-hybridized carbons (Fsp3) is 0.706. The van der Waals surface area contributed by atoms with Gasteiger partial charge in [-0.3, -0.25) is 9.88 Å². The summed E-state index contributed by atoms with van der Waals surface area (Å²) in [6, 6.07) is 6.42. The van der Waals surface area contributed by atoms with Crippen molar-refractivity contribution in [1.82, 2.24) is 15.2 Å². The van der Waals surface area contributed by atoms with Gasteiger partial charge in [0.2, 0.25) is 0 Å². The SMILES string of the molecule is CCCNCc1cccc(CN2CC(C)CC(C)C2)n1. The Labute approximate surface area is 123 Å². The molecule has 3 heteroatoms. The van der Waals surface area contributed by atoms with Crippen LogP contribution < -0.4 is 5.32 Å². The van der Waals surface area contributed by atoms with Crippen LogP contribution >= 0.6 is 0 Å². The molecule has 1 N–H and O–H groups in total. The molecule has 0 saturated carbocycles. The highest BCUT2D eigenvalue weighted by Crippen LogP contribution is 2.22. The van der Waals surface area contributed by atoms with Crippen molar-refractivity contribution < 1.29 is 0 Å². The van der Waals surface area contributed by atoms with E-state index < -0.39 is 0 Å². The van der Waals surface area contributed by atoms with Crippen LogP contribution in [-0.2, 0) is 13.1 Å². The molecule has 1 aromatic heterocycles. The first-order chi connectivity index (χ1) is 9.67. The lowest BCUT2D eigenvalue weighted by molar-refractivity contribution is 0.133. The van der Waals surface area contributed by atoms with Crippen LogP contribution in [0.3, 0.4) is 0 Å². The predicted molar refractivity (Wildman–Crippen MR) is 84.5 cm³/mol. The molecule has 1 aliphatic rings. The van der Waals surface area contributed by atoms with Gasteiger partial charge in [0.25, 0.3) is 0 Å². The lowest BCUT2D eigenvalue weighted by Crippen LogP contribution is -2.38. The zero-order valence-corrected chi connectivity index (χ0v) is 13.2. The quantitative estimate of drug-likeness (QED) is 0.809. The molecular formula is C17H29N3. The molecule has 1 saturated heterocycles. The summed E-state index contributed by atoms with van der Waals surface area (Å²) in [5.74, 6) is 1.63. The molecule has 112 valence electrons. The molecular weight excluding hydrogens is 246 g/mol. The number of rotatable bonds is 6. The summed E-state index contributed by atoms with van der Waals surface area (Å²) < 4.78 is 0. The number of nitrogens with one attached hydrogen (secondary N) is 1. The molecule has 0 bridgehead atoms. The monoisotopic (exact) mass is 275 g/mol. The van der Waals surface area contributed by atoms with E-state index in [1.807, 2.05) is 0 Å². The normalized spacial score (nSPS) is 23.9. The molecule has 2 rings (SSSR count). The Morgan fingerprint density at radius 2 is 1.90 bits per heavy atom. The fourth-order valence-electron chi connectivity index (χ4n) is 3.26. The third kappa shape index (κ3) is 4.88. The summed E-state index contributed by atoms with van der Waals surface area (Å²) in [7, 11) is 0. The van der Waals surface area contributed by atoms with E-state index in [4.69, 9.17) is 4.98 Å². The largest absolute Gasteiger partial charge is 0.311 e. The first-order valence-electron chi connectivity index (χ1n) is 8.05. The minimum absolute atomic E-state index is 0.813. The van der Waals surface area contributed by atoms with Crippen molar-refractivity contribution in [1.29, 1.82) is 0 Å². The molecule has 2 atom stereocenters. The lowest BCUT2D eigenvalue weighted by Gasteiger charge is -2.34. The number of piperidine rings is 1. The van der Waals surface area contributed by atoms with Crippen molar-refractivity contribution in [2.75, 3.05) is 19.6 Å². The Hall–Kier alpha value is -0.930. The number of hydrogen-bond donors (Lipinski definition) is 1. The van der Waals surface area contributed by atoms with Gasteiger partial charge < -0.3 is 5.32 Å². The van der Waals surface area contributed by atoms with Crippen LogP contribution in [0.1, 0.15) is 45.0 Å². The number of hydrogen-bond acceptors (Lipinski definition) is 3. The minimum atomic E-state index is 0.813. The lowest BCUT2D eigenvalue weighted by atomic mass is 9.92.